The Hall–Kier alpha value is -1.93. The Bertz CT molecular complexity index is 607. The second-order valence-corrected chi connectivity index (χ2v) is 5.88. The minimum absolute atomic E-state index is 0.0658. The number of aromatic nitrogens is 3. The van der Waals surface area contributed by atoms with E-state index >= 15 is 0 Å². The summed E-state index contributed by atoms with van der Waals surface area (Å²) in [5, 5.41) is 6.36. The highest BCUT2D eigenvalue weighted by Gasteiger charge is 2.11. The third-order valence-electron chi connectivity index (χ3n) is 2.49. The second kappa shape index (κ2) is 5.81. The number of nitrogens with one attached hydrogen (secondary N) is 2. The number of aromatic amines is 1. The van der Waals surface area contributed by atoms with Crippen LogP contribution in [0.15, 0.2) is 30.6 Å². The van der Waals surface area contributed by atoms with Crippen molar-refractivity contribution >= 4 is 15.7 Å². The van der Waals surface area contributed by atoms with Crippen molar-refractivity contribution in [2.24, 2.45) is 0 Å². The summed E-state index contributed by atoms with van der Waals surface area (Å²) in [6.07, 6.45) is 1.86. The molecule has 1 aromatic heterocycles. The number of sulfonamides is 1. The van der Waals surface area contributed by atoms with Gasteiger partial charge in [0.2, 0.25) is 10.0 Å². The molecule has 0 aliphatic heterocycles. The molecule has 0 radical (unpaired) electrons. The highest BCUT2D eigenvalue weighted by atomic mass is 32.2. The third-order valence-corrected chi connectivity index (χ3v) is 3.84. The van der Waals surface area contributed by atoms with E-state index in [0.29, 0.717) is 23.5 Å². The van der Waals surface area contributed by atoms with E-state index in [-0.39, 0.29) is 12.3 Å². The molecule has 0 saturated heterocycles. The maximum Gasteiger partial charge on any atom is 0.215 e. The molecular weight excluding hydrogens is 266 g/mol. The van der Waals surface area contributed by atoms with E-state index < -0.39 is 10.0 Å². The van der Waals surface area contributed by atoms with Gasteiger partial charge in [0.05, 0.1) is 5.75 Å². The van der Waals surface area contributed by atoms with Gasteiger partial charge in [-0.15, -0.1) is 0 Å². The fourth-order valence-corrected chi connectivity index (χ4v) is 2.71. The lowest BCUT2D eigenvalue weighted by molar-refractivity contribution is 0.580. The van der Waals surface area contributed by atoms with Crippen LogP contribution >= 0.6 is 0 Å². The first-order valence-electron chi connectivity index (χ1n) is 5.71. The van der Waals surface area contributed by atoms with Crippen LogP contribution in [0.25, 0.3) is 0 Å². The van der Waals surface area contributed by atoms with Crippen LogP contribution in [0.1, 0.15) is 11.4 Å². The number of anilines is 1. The Morgan fingerprint density at radius 2 is 2.00 bits per heavy atom. The molecule has 0 aliphatic rings. The molecule has 0 fully saturated rings. The van der Waals surface area contributed by atoms with Gasteiger partial charge < -0.3 is 5.73 Å². The van der Waals surface area contributed by atoms with Crippen LogP contribution in [0, 0.1) is 0 Å². The zero-order valence-electron chi connectivity index (χ0n) is 10.2. The van der Waals surface area contributed by atoms with Gasteiger partial charge in [-0.3, -0.25) is 5.10 Å². The normalized spacial score (nSPS) is 11.6. The summed E-state index contributed by atoms with van der Waals surface area (Å²) in [4.78, 5) is 3.91. The number of nitrogens with zero attached hydrogens (tertiary/aromatic N) is 2. The van der Waals surface area contributed by atoms with Crippen molar-refractivity contribution in [3.8, 4) is 0 Å². The number of H-pyrrole nitrogens is 1. The smallest absolute Gasteiger partial charge is 0.215 e. The number of hydrogen-bond donors (Lipinski definition) is 3. The molecule has 0 aliphatic carbocycles. The summed E-state index contributed by atoms with van der Waals surface area (Å²) in [7, 11) is -3.35. The first-order chi connectivity index (χ1) is 9.05. The molecular formula is C11H15N5O2S. The monoisotopic (exact) mass is 281 g/mol. The van der Waals surface area contributed by atoms with Crippen molar-refractivity contribution in [1.82, 2.24) is 19.9 Å². The standard InChI is InChI=1S/C11H15N5O2S/c12-10-3-1-9(2-4-10)7-19(17,18)15-6-5-11-13-8-14-16-11/h1-4,8,15H,5-7,12H2,(H,13,14,16). The van der Waals surface area contributed by atoms with Gasteiger partial charge in [-0.05, 0) is 17.7 Å². The van der Waals surface area contributed by atoms with Gasteiger partial charge in [-0.25, -0.2) is 18.1 Å². The van der Waals surface area contributed by atoms with Gasteiger partial charge in [0.25, 0.3) is 0 Å². The Morgan fingerprint density at radius 1 is 1.26 bits per heavy atom. The summed E-state index contributed by atoms with van der Waals surface area (Å²) >= 11 is 0. The molecule has 102 valence electrons. The molecule has 19 heavy (non-hydrogen) atoms. The Balaban J connectivity index is 1.86. The topological polar surface area (TPSA) is 114 Å². The molecule has 0 bridgehead atoms. The Labute approximate surface area is 111 Å². The van der Waals surface area contributed by atoms with Crippen LogP contribution in [0.4, 0.5) is 5.69 Å². The average Bonchev–Trinajstić information content (AvgIpc) is 2.85. The van der Waals surface area contributed by atoms with Crippen molar-refractivity contribution in [3.63, 3.8) is 0 Å². The number of nitrogen functional groups attached to an aromatic ring is 1. The number of nitrogens with two attached hydrogens (primary N) is 1. The van der Waals surface area contributed by atoms with Crippen LogP contribution in [-0.4, -0.2) is 30.1 Å². The number of hydrogen-bond acceptors (Lipinski definition) is 5. The van der Waals surface area contributed by atoms with Crippen LogP contribution in [0.3, 0.4) is 0 Å². The highest BCUT2D eigenvalue weighted by molar-refractivity contribution is 7.88. The van der Waals surface area contributed by atoms with Gasteiger partial charge in [-0.1, -0.05) is 12.1 Å². The predicted molar refractivity (Wildman–Crippen MR) is 71.6 cm³/mol. The lowest BCUT2D eigenvalue weighted by Gasteiger charge is -2.06. The molecule has 0 saturated carbocycles. The Kier molecular flexibility index (Phi) is 4.13. The first-order valence-corrected chi connectivity index (χ1v) is 7.36. The third kappa shape index (κ3) is 4.34. The van der Waals surface area contributed by atoms with E-state index in [1.54, 1.807) is 24.3 Å². The molecule has 0 atom stereocenters. The summed E-state index contributed by atoms with van der Waals surface area (Å²) in [6.45, 7) is 0.284. The van der Waals surface area contributed by atoms with Crippen molar-refractivity contribution in [2.75, 3.05) is 12.3 Å². The van der Waals surface area contributed by atoms with E-state index in [1.807, 2.05) is 0 Å². The second-order valence-electron chi connectivity index (χ2n) is 4.08. The molecule has 1 heterocycles. The molecule has 4 N–H and O–H groups in total. The van der Waals surface area contributed by atoms with Gasteiger partial charge in [0.15, 0.2) is 0 Å². The zero-order valence-corrected chi connectivity index (χ0v) is 11.0. The van der Waals surface area contributed by atoms with Crippen molar-refractivity contribution < 1.29 is 8.42 Å². The largest absolute Gasteiger partial charge is 0.399 e. The van der Waals surface area contributed by atoms with Gasteiger partial charge in [-0.2, -0.15) is 5.10 Å². The summed E-state index contributed by atoms with van der Waals surface area (Å²) in [5.41, 5.74) is 6.85. The van der Waals surface area contributed by atoms with Crippen molar-refractivity contribution in [1.29, 1.82) is 0 Å². The quantitative estimate of drug-likeness (QED) is 0.647. The molecule has 2 aromatic rings. The average molecular weight is 281 g/mol. The van der Waals surface area contributed by atoms with E-state index in [1.165, 1.54) is 6.33 Å². The molecule has 2 rings (SSSR count). The van der Waals surface area contributed by atoms with Gasteiger partial charge in [0, 0.05) is 18.7 Å². The molecule has 1 aromatic carbocycles. The zero-order chi connectivity index (χ0) is 13.7. The fourth-order valence-electron chi connectivity index (χ4n) is 1.56. The molecule has 0 spiro atoms. The van der Waals surface area contributed by atoms with E-state index in [4.69, 9.17) is 5.73 Å². The predicted octanol–water partition coefficient (Wildman–Crippen LogP) is 0.0490. The van der Waals surface area contributed by atoms with Crippen molar-refractivity contribution in [3.05, 3.63) is 42.0 Å². The maximum absolute atomic E-state index is 11.8. The maximum atomic E-state index is 11.8. The summed E-state index contributed by atoms with van der Waals surface area (Å²) in [6, 6.07) is 6.76. The van der Waals surface area contributed by atoms with E-state index in [2.05, 4.69) is 19.9 Å². The fraction of sp³-hybridized carbons (Fsp3) is 0.273. The lowest BCUT2D eigenvalue weighted by Crippen LogP contribution is -2.27. The van der Waals surface area contributed by atoms with Gasteiger partial charge >= 0.3 is 0 Å². The summed E-state index contributed by atoms with van der Waals surface area (Å²) < 4.78 is 26.2. The lowest BCUT2D eigenvalue weighted by atomic mass is 10.2. The minimum Gasteiger partial charge on any atom is -0.399 e. The van der Waals surface area contributed by atoms with Crippen LogP contribution < -0.4 is 10.5 Å². The van der Waals surface area contributed by atoms with E-state index in [9.17, 15) is 8.42 Å². The van der Waals surface area contributed by atoms with Crippen LogP contribution in [-0.2, 0) is 22.2 Å². The molecule has 7 nitrogen and oxygen atoms in total. The minimum atomic E-state index is -3.35. The SMILES string of the molecule is Nc1ccc(CS(=O)(=O)NCCc2ncn[nH]2)cc1. The highest BCUT2D eigenvalue weighted by Crippen LogP contribution is 2.08. The molecule has 0 unspecified atom stereocenters. The Morgan fingerprint density at radius 3 is 2.63 bits per heavy atom. The molecule has 0 amide bonds. The van der Waals surface area contributed by atoms with Crippen LogP contribution in [0.5, 0.6) is 0 Å². The summed E-state index contributed by atoms with van der Waals surface area (Å²) in [5.74, 6) is 0.583. The number of benzene rings is 1. The van der Waals surface area contributed by atoms with Crippen molar-refractivity contribution in [2.45, 2.75) is 12.2 Å². The number of rotatable bonds is 6. The van der Waals surface area contributed by atoms with Crippen LogP contribution in [0.2, 0.25) is 0 Å². The van der Waals surface area contributed by atoms with E-state index in [0.717, 1.165) is 0 Å². The molecule has 8 heteroatoms. The first kappa shape index (κ1) is 13.5. The van der Waals surface area contributed by atoms with Gasteiger partial charge in [0.1, 0.15) is 12.2 Å².